The first-order chi connectivity index (χ1) is 8.79. The van der Waals surface area contributed by atoms with Crippen molar-refractivity contribution < 1.29 is 9.53 Å². The fourth-order valence-electron chi connectivity index (χ4n) is 1.32. The van der Waals surface area contributed by atoms with Gasteiger partial charge in [0.2, 0.25) is 0 Å². The molecule has 1 aromatic carbocycles. The van der Waals surface area contributed by atoms with Gasteiger partial charge in [0.25, 0.3) is 0 Å². The highest BCUT2D eigenvalue weighted by Crippen LogP contribution is 2.11. The van der Waals surface area contributed by atoms with Crippen LogP contribution in [0, 0.1) is 0 Å². The Morgan fingerprint density at radius 2 is 2.00 bits per heavy atom. The summed E-state index contributed by atoms with van der Waals surface area (Å²) >= 11 is 1.42. The molecule has 0 radical (unpaired) electrons. The Hall–Kier alpha value is -1.29. The second-order valence-corrected chi connectivity index (χ2v) is 4.56. The van der Waals surface area contributed by atoms with Crippen molar-refractivity contribution in [1.82, 2.24) is 0 Å². The number of hydrogen-bond donors (Lipinski definition) is 0. The average Bonchev–Trinajstić information content (AvgIpc) is 2.40. The van der Waals surface area contributed by atoms with E-state index in [9.17, 15) is 4.79 Å². The van der Waals surface area contributed by atoms with E-state index in [-0.39, 0.29) is 5.97 Å². The van der Waals surface area contributed by atoms with Gasteiger partial charge in [-0.25, -0.2) is 9.19 Å². The Morgan fingerprint density at radius 3 is 2.61 bits per heavy atom. The topological polar surface area (TPSA) is 38.7 Å². The lowest BCUT2D eigenvalue weighted by Crippen LogP contribution is -2.18. The maximum Gasteiger partial charge on any atom is 0.358 e. The zero-order valence-corrected chi connectivity index (χ0v) is 11.7. The summed E-state index contributed by atoms with van der Waals surface area (Å²) in [5, 5.41) is 0. The fraction of sp³-hybridized carbons (Fsp3) is 0.429. The molecule has 0 saturated heterocycles. The Morgan fingerprint density at radius 1 is 1.28 bits per heavy atom. The molecule has 0 N–H and O–H groups in total. The summed E-state index contributed by atoms with van der Waals surface area (Å²) in [6.45, 7) is 4.29. The van der Waals surface area contributed by atoms with Gasteiger partial charge in [0, 0.05) is 11.3 Å². The highest BCUT2D eigenvalue weighted by Gasteiger charge is 2.14. The summed E-state index contributed by atoms with van der Waals surface area (Å²) in [5.74, 6) is 0.569. The Balaban J connectivity index is 2.78. The van der Waals surface area contributed by atoms with Gasteiger partial charge in [0.15, 0.2) is 5.71 Å². The second kappa shape index (κ2) is 8.75. The van der Waals surface area contributed by atoms with Gasteiger partial charge in [-0.15, -0.1) is 0 Å². The van der Waals surface area contributed by atoms with Crippen LogP contribution in [0.5, 0.6) is 0 Å². The van der Waals surface area contributed by atoms with Crippen LogP contribution in [-0.4, -0.2) is 24.0 Å². The molecule has 0 fully saturated rings. The first-order valence-corrected chi connectivity index (χ1v) is 7.16. The van der Waals surface area contributed by atoms with Crippen LogP contribution >= 0.6 is 11.9 Å². The molecule has 0 atom stereocenters. The quantitative estimate of drug-likeness (QED) is 0.328. The second-order valence-electron chi connectivity index (χ2n) is 3.71. The molecule has 0 amide bonds. The molecule has 0 saturated carbocycles. The minimum Gasteiger partial charge on any atom is -0.461 e. The molecule has 1 aromatic rings. The van der Waals surface area contributed by atoms with Crippen molar-refractivity contribution in [3.05, 3.63) is 35.9 Å². The van der Waals surface area contributed by atoms with Crippen LogP contribution in [0.15, 0.2) is 34.7 Å². The van der Waals surface area contributed by atoms with E-state index in [2.05, 4.69) is 11.3 Å². The van der Waals surface area contributed by atoms with Gasteiger partial charge >= 0.3 is 5.97 Å². The number of carbonyl (C=O) groups is 1. The Labute approximate surface area is 113 Å². The number of hydrogen-bond acceptors (Lipinski definition) is 4. The van der Waals surface area contributed by atoms with Crippen molar-refractivity contribution in [3.63, 3.8) is 0 Å². The normalized spacial score (nSPS) is 11.3. The summed E-state index contributed by atoms with van der Waals surface area (Å²) in [6, 6.07) is 9.43. The number of carbonyl (C=O) groups excluding carboxylic acids is 1. The molecule has 18 heavy (non-hydrogen) atoms. The van der Waals surface area contributed by atoms with E-state index in [1.807, 2.05) is 30.3 Å². The molecule has 0 heterocycles. The molecule has 0 bridgehead atoms. The van der Waals surface area contributed by atoms with Crippen LogP contribution in [-0.2, 0) is 9.53 Å². The maximum atomic E-state index is 11.8. The largest absolute Gasteiger partial charge is 0.461 e. The van der Waals surface area contributed by atoms with E-state index >= 15 is 0 Å². The molecule has 1 rings (SSSR count). The summed E-state index contributed by atoms with van der Waals surface area (Å²) in [6.07, 6.45) is 2.22. The lowest BCUT2D eigenvalue weighted by Gasteiger charge is -2.05. The standard InChI is InChI=1S/C14H19NO2S/c1-3-5-11-18-15-13(14(16)17-4-2)12-9-7-6-8-10-12/h6-10H,3-5,11H2,1-2H3/b15-13+. The molecular formula is C14H19NO2S. The van der Waals surface area contributed by atoms with Gasteiger partial charge in [-0.1, -0.05) is 43.7 Å². The van der Waals surface area contributed by atoms with Gasteiger partial charge in [0.05, 0.1) is 6.61 Å². The summed E-state index contributed by atoms with van der Waals surface area (Å²) in [5.41, 5.74) is 1.21. The molecule has 0 aromatic heterocycles. The van der Waals surface area contributed by atoms with Crippen LogP contribution in [0.1, 0.15) is 32.3 Å². The van der Waals surface area contributed by atoms with E-state index in [1.165, 1.54) is 11.9 Å². The van der Waals surface area contributed by atoms with E-state index in [0.29, 0.717) is 12.3 Å². The number of benzene rings is 1. The molecule has 0 unspecified atom stereocenters. The monoisotopic (exact) mass is 265 g/mol. The van der Waals surface area contributed by atoms with Crippen molar-refractivity contribution in [3.8, 4) is 0 Å². The third kappa shape index (κ3) is 4.92. The van der Waals surface area contributed by atoms with Gasteiger partial charge in [-0.05, 0) is 25.3 Å². The summed E-state index contributed by atoms with van der Waals surface area (Å²) in [4.78, 5) is 11.8. The van der Waals surface area contributed by atoms with E-state index < -0.39 is 0 Å². The molecule has 0 aliphatic rings. The van der Waals surface area contributed by atoms with Crippen LogP contribution in [0.2, 0.25) is 0 Å². The van der Waals surface area contributed by atoms with E-state index in [1.54, 1.807) is 6.92 Å². The lowest BCUT2D eigenvalue weighted by molar-refractivity contribution is -0.134. The van der Waals surface area contributed by atoms with Crippen molar-refractivity contribution in [2.75, 3.05) is 12.4 Å². The average molecular weight is 265 g/mol. The molecule has 0 aliphatic heterocycles. The minimum absolute atomic E-state index is 0.354. The number of esters is 1. The van der Waals surface area contributed by atoms with Crippen LogP contribution < -0.4 is 0 Å². The SMILES string of the molecule is CCCCS/N=C(/C(=O)OCC)c1ccccc1. The van der Waals surface area contributed by atoms with Crippen molar-refractivity contribution >= 4 is 23.6 Å². The Bertz CT molecular complexity index is 390. The fourth-order valence-corrected chi connectivity index (χ4v) is 2.14. The molecule has 3 nitrogen and oxygen atoms in total. The number of ether oxygens (including phenoxy) is 1. The van der Waals surface area contributed by atoms with Crippen molar-refractivity contribution in [2.45, 2.75) is 26.7 Å². The molecule has 4 heteroatoms. The predicted molar refractivity (Wildman–Crippen MR) is 77.0 cm³/mol. The maximum absolute atomic E-state index is 11.8. The number of unbranched alkanes of at least 4 members (excludes halogenated alkanes) is 1. The summed E-state index contributed by atoms with van der Waals surface area (Å²) in [7, 11) is 0. The third-order valence-corrected chi connectivity index (χ3v) is 3.04. The first-order valence-electron chi connectivity index (χ1n) is 6.22. The highest BCUT2D eigenvalue weighted by molar-refractivity contribution is 7.98. The van der Waals surface area contributed by atoms with Crippen LogP contribution in [0.4, 0.5) is 0 Å². The molecule has 98 valence electrons. The summed E-state index contributed by atoms with van der Waals surface area (Å²) < 4.78 is 9.34. The minimum atomic E-state index is -0.354. The van der Waals surface area contributed by atoms with Crippen molar-refractivity contribution in [2.24, 2.45) is 4.40 Å². The van der Waals surface area contributed by atoms with Crippen molar-refractivity contribution in [1.29, 1.82) is 0 Å². The van der Waals surface area contributed by atoms with Gasteiger partial charge in [0.1, 0.15) is 0 Å². The predicted octanol–water partition coefficient (Wildman–Crippen LogP) is 3.49. The smallest absolute Gasteiger partial charge is 0.358 e. The number of nitrogens with zero attached hydrogens (tertiary/aromatic N) is 1. The molecule has 0 spiro atoms. The molecule has 0 aliphatic carbocycles. The number of rotatable bonds is 7. The van der Waals surface area contributed by atoms with Crippen LogP contribution in [0.25, 0.3) is 0 Å². The lowest BCUT2D eigenvalue weighted by atomic mass is 10.1. The van der Waals surface area contributed by atoms with Gasteiger partial charge in [-0.3, -0.25) is 0 Å². The zero-order valence-electron chi connectivity index (χ0n) is 10.9. The van der Waals surface area contributed by atoms with Gasteiger partial charge in [-0.2, -0.15) is 0 Å². The van der Waals surface area contributed by atoms with E-state index in [4.69, 9.17) is 4.74 Å². The van der Waals surface area contributed by atoms with E-state index in [0.717, 1.165) is 24.2 Å². The third-order valence-electron chi connectivity index (χ3n) is 2.26. The molecular weight excluding hydrogens is 246 g/mol. The van der Waals surface area contributed by atoms with Gasteiger partial charge < -0.3 is 4.74 Å². The first kappa shape index (κ1) is 14.8. The highest BCUT2D eigenvalue weighted by atomic mass is 32.2. The zero-order chi connectivity index (χ0) is 13.2. The van der Waals surface area contributed by atoms with Crippen LogP contribution in [0.3, 0.4) is 0 Å². The Kier molecular flexibility index (Phi) is 7.18.